The van der Waals surface area contributed by atoms with Crippen LogP contribution in [0.15, 0.2) is 54.9 Å². The number of nitrogens with one attached hydrogen (secondary N) is 2. The maximum atomic E-state index is 5.40. The van der Waals surface area contributed by atoms with E-state index >= 15 is 0 Å². The van der Waals surface area contributed by atoms with Gasteiger partial charge in [-0.1, -0.05) is 12.1 Å². The van der Waals surface area contributed by atoms with E-state index in [0.717, 1.165) is 22.7 Å². The van der Waals surface area contributed by atoms with E-state index in [0.29, 0.717) is 11.8 Å². The zero-order valence-corrected chi connectivity index (χ0v) is 14.5. The average molecular weight is 335 g/mol. The molecule has 0 aliphatic carbocycles. The van der Waals surface area contributed by atoms with Gasteiger partial charge in [-0.15, -0.1) is 0 Å². The highest BCUT2D eigenvalue weighted by molar-refractivity contribution is 5.69. The van der Waals surface area contributed by atoms with Crippen molar-refractivity contribution in [1.29, 1.82) is 0 Å². The summed E-state index contributed by atoms with van der Waals surface area (Å²) in [6.45, 7) is 4.10. The van der Waals surface area contributed by atoms with E-state index in [1.54, 1.807) is 19.5 Å². The predicted molar refractivity (Wildman–Crippen MR) is 100 cm³/mol. The molecule has 6 heteroatoms. The Balaban J connectivity index is 2.00. The Morgan fingerprint density at radius 1 is 1.00 bits per heavy atom. The third kappa shape index (κ3) is 4.23. The Labute approximate surface area is 147 Å². The van der Waals surface area contributed by atoms with Crippen molar-refractivity contribution in [2.24, 2.45) is 0 Å². The quantitative estimate of drug-likeness (QED) is 0.706. The van der Waals surface area contributed by atoms with Crippen molar-refractivity contribution < 1.29 is 4.74 Å². The molecule has 0 fully saturated rings. The first-order chi connectivity index (χ1) is 12.2. The molecular weight excluding hydrogens is 314 g/mol. The van der Waals surface area contributed by atoms with Crippen LogP contribution in [0.5, 0.6) is 5.75 Å². The fraction of sp³-hybridized carbons (Fsp3) is 0.211. The van der Waals surface area contributed by atoms with Crippen molar-refractivity contribution in [3.8, 4) is 17.0 Å². The maximum absolute atomic E-state index is 5.40. The second-order valence-electron chi connectivity index (χ2n) is 5.82. The monoisotopic (exact) mass is 335 g/mol. The van der Waals surface area contributed by atoms with Gasteiger partial charge in [0.2, 0.25) is 5.95 Å². The molecule has 0 bridgehead atoms. The number of para-hydroxylation sites is 2. The molecule has 2 N–H and O–H groups in total. The Morgan fingerprint density at radius 3 is 2.48 bits per heavy atom. The topological polar surface area (TPSA) is 72.0 Å². The van der Waals surface area contributed by atoms with Crippen molar-refractivity contribution in [3.63, 3.8) is 0 Å². The van der Waals surface area contributed by atoms with Crippen LogP contribution >= 0.6 is 0 Å². The Bertz CT molecular complexity index is 836. The molecular formula is C19H21N5O. The van der Waals surface area contributed by atoms with Gasteiger partial charge in [0.25, 0.3) is 0 Å². The first-order valence-electron chi connectivity index (χ1n) is 8.12. The summed E-state index contributed by atoms with van der Waals surface area (Å²) in [5.74, 6) is 2.01. The van der Waals surface area contributed by atoms with Gasteiger partial charge in [-0.25, -0.2) is 4.98 Å². The molecule has 0 spiro atoms. The van der Waals surface area contributed by atoms with E-state index in [4.69, 9.17) is 4.74 Å². The smallest absolute Gasteiger partial charge is 0.225 e. The van der Waals surface area contributed by atoms with Crippen LogP contribution in [0.4, 0.5) is 17.5 Å². The van der Waals surface area contributed by atoms with Crippen LogP contribution in [0.2, 0.25) is 0 Å². The SMILES string of the molecule is COc1ccccc1Nc1cc(-c2ccncc2)nc(NC(C)C)n1. The first kappa shape index (κ1) is 16.7. The summed E-state index contributed by atoms with van der Waals surface area (Å²) in [5, 5.41) is 6.58. The van der Waals surface area contributed by atoms with Crippen LogP contribution in [0, 0.1) is 0 Å². The first-order valence-corrected chi connectivity index (χ1v) is 8.12. The molecule has 1 aromatic carbocycles. The van der Waals surface area contributed by atoms with E-state index in [-0.39, 0.29) is 6.04 Å². The van der Waals surface area contributed by atoms with E-state index in [9.17, 15) is 0 Å². The molecule has 6 nitrogen and oxygen atoms in total. The fourth-order valence-corrected chi connectivity index (χ4v) is 2.39. The molecule has 0 aliphatic rings. The molecule has 0 amide bonds. The van der Waals surface area contributed by atoms with Crippen LogP contribution in [-0.2, 0) is 0 Å². The van der Waals surface area contributed by atoms with Gasteiger partial charge in [-0.2, -0.15) is 4.98 Å². The maximum Gasteiger partial charge on any atom is 0.225 e. The molecule has 0 aliphatic heterocycles. The molecule has 2 heterocycles. The lowest BCUT2D eigenvalue weighted by Gasteiger charge is -2.14. The number of pyridine rings is 1. The number of nitrogens with zero attached hydrogens (tertiary/aromatic N) is 3. The van der Waals surface area contributed by atoms with Gasteiger partial charge in [-0.05, 0) is 38.1 Å². The minimum atomic E-state index is 0.229. The van der Waals surface area contributed by atoms with Crippen LogP contribution < -0.4 is 15.4 Å². The van der Waals surface area contributed by atoms with E-state index in [2.05, 4.69) is 39.4 Å². The standard InChI is InChI=1S/C19H21N5O/c1-13(2)21-19-23-16(14-8-10-20-11-9-14)12-18(24-19)22-15-6-4-5-7-17(15)25-3/h4-13H,1-3H3,(H2,21,22,23,24). The van der Waals surface area contributed by atoms with Crippen molar-refractivity contribution in [3.05, 3.63) is 54.9 Å². The van der Waals surface area contributed by atoms with Gasteiger partial charge in [0.1, 0.15) is 11.6 Å². The number of hydrogen-bond donors (Lipinski definition) is 2. The van der Waals surface area contributed by atoms with E-state index in [1.807, 2.05) is 42.5 Å². The normalized spacial score (nSPS) is 10.6. The molecule has 0 atom stereocenters. The van der Waals surface area contributed by atoms with Crippen LogP contribution in [0.25, 0.3) is 11.3 Å². The number of anilines is 3. The van der Waals surface area contributed by atoms with Crippen molar-refractivity contribution >= 4 is 17.5 Å². The summed E-state index contributed by atoms with van der Waals surface area (Å²) in [6, 6.07) is 13.7. The molecule has 0 unspecified atom stereocenters. The largest absolute Gasteiger partial charge is 0.495 e. The Hall–Kier alpha value is -3.15. The highest BCUT2D eigenvalue weighted by atomic mass is 16.5. The highest BCUT2D eigenvalue weighted by Crippen LogP contribution is 2.28. The van der Waals surface area contributed by atoms with Gasteiger partial charge >= 0.3 is 0 Å². The predicted octanol–water partition coefficient (Wildman–Crippen LogP) is 4.11. The van der Waals surface area contributed by atoms with Gasteiger partial charge < -0.3 is 15.4 Å². The fourth-order valence-electron chi connectivity index (χ4n) is 2.39. The minimum Gasteiger partial charge on any atom is -0.495 e. The summed E-state index contributed by atoms with van der Waals surface area (Å²) in [6.07, 6.45) is 3.50. The van der Waals surface area contributed by atoms with Crippen molar-refractivity contribution in [2.75, 3.05) is 17.7 Å². The lowest BCUT2D eigenvalue weighted by atomic mass is 10.2. The van der Waals surface area contributed by atoms with Crippen LogP contribution in [0.3, 0.4) is 0 Å². The molecule has 25 heavy (non-hydrogen) atoms. The summed E-state index contributed by atoms with van der Waals surface area (Å²) >= 11 is 0. The van der Waals surface area contributed by atoms with E-state index < -0.39 is 0 Å². The number of aromatic nitrogens is 3. The third-order valence-corrected chi connectivity index (χ3v) is 3.49. The molecule has 0 saturated carbocycles. The van der Waals surface area contributed by atoms with Crippen molar-refractivity contribution in [2.45, 2.75) is 19.9 Å². The summed E-state index contributed by atoms with van der Waals surface area (Å²) in [4.78, 5) is 13.2. The molecule has 0 radical (unpaired) electrons. The lowest BCUT2D eigenvalue weighted by Crippen LogP contribution is -2.13. The van der Waals surface area contributed by atoms with Gasteiger partial charge in [0.05, 0.1) is 18.5 Å². The van der Waals surface area contributed by atoms with Gasteiger partial charge in [0, 0.05) is 30.1 Å². The third-order valence-electron chi connectivity index (χ3n) is 3.49. The number of rotatable bonds is 6. The highest BCUT2D eigenvalue weighted by Gasteiger charge is 2.10. The number of ether oxygens (including phenoxy) is 1. The molecule has 3 rings (SSSR count). The van der Waals surface area contributed by atoms with Crippen molar-refractivity contribution in [1.82, 2.24) is 15.0 Å². The second kappa shape index (κ2) is 7.61. The molecule has 3 aromatic rings. The lowest BCUT2D eigenvalue weighted by molar-refractivity contribution is 0.417. The summed E-state index contributed by atoms with van der Waals surface area (Å²) < 4.78 is 5.40. The second-order valence-corrected chi connectivity index (χ2v) is 5.82. The summed E-state index contributed by atoms with van der Waals surface area (Å²) in [5.41, 5.74) is 2.64. The number of benzene rings is 1. The van der Waals surface area contributed by atoms with Gasteiger partial charge in [0.15, 0.2) is 0 Å². The minimum absolute atomic E-state index is 0.229. The van der Waals surface area contributed by atoms with Crippen LogP contribution in [-0.4, -0.2) is 28.1 Å². The molecule has 0 saturated heterocycles. The van der Waals surface area contributed by atoms with Crippen LogP contribution in [0.1, 0.15) is 13.8 Å². The number of methoxy groups -OCH3 is 1. The molecule has 2 aromatic heterocycles. The average Bonchev–Trinajstić information content (AvgIpc) is 2.62. The zero-order valence-electron chi connectivity index (χ0n) is 14.5. The summed E-state index contributed by atoms with van der Waals surface area (Å²) in [7, 11) is 1.65. The molecule has 128 valence electrons. The zero-order chi connectivity index (χ0) is 17.6. The Kier molecular flexibility index (Phi) is 5.09. The number of hydrogen-bond acceptors (Lipinski definition) is 6. The Morgan fingerprint density at radius 2 is 1.76 bits per heavy atom. The van der Waals surface area contributed by atoms with E-state index in [1.165, 1.54) is 0 Å². The van der Waals surface area contributed by atoms with Gasteiger partial charge in [-0.3, -0.25) is 4.98 Å².